The number of nitrogens with zero attached hydrogens (tertiary/aromatic N) is 6. The number of ether oxygens (including phenoxy) is 1. The number of alkyl halides is 2. The monoisotopic (exact) mass is 388 g/mol. The molecule has 1 aliphatic rings. The number of hydrogen-bond donors (Lipinski definition) is 0. The molecule has 0 unspecified atom stereocenters. The molecule has 4 rings (SSSR count). The van der Waals surface area contributed by atoms with Gasteiger partial charge in [0, 0.05) is 44.7 Å². The average Bonchev–Trinajstić information content (AvgIpc) is 3.16. The number of piperazine rings is 1. The van der Waals surface area contributed by atoms with Gasteiger partial charge in [-0.2, -0.15) is 5.10 Å². The predicted molar refractivity (Wildman–Crippen MR) is 101 cm³/mol. The number of pyridine rings is 1. The van der Waals surface area contributed by atoms with E-state index < -0.39 is 6.43 Å². The van der Waals surface area contributed by atoms with Gasteiger partial charge in [0.1, 0.15) is 11.4 Å². The van der Waals surface area contributed by atoms with Crippen molar-refractivity contribution in [3.8, 4) is 11.4 Å². The third kappa shape index (κ3) is 3.81. The molecule has 28 heavy (non-hydrogen) atoms. The summed E-state index contributed by atoms with van der Waals surface area (Å²) in [4.78, 5) is 13.2. The Balaban J connectivity index is 1.56. The van der Waals surface area contributed by atoms with Crippen LogP contribution in [0.4, 0.5) is 14.5 Å². The molecule has 3 aromatic rings. The van der Waals surface area contributed by atoms with Crippen LogP contribution in [0.1, 0.15) is 19.0 Å². The minimum atomic E-state index is -2.63. The quantitative estimate of drug-likeness (QED) is 0.647. The maximum Gasteiger partial charge on any atom is 0.282 e. The molecular weight excluding hydrogens is 366 g/mol. The normalized spacial score (nSPS) is 15.6. The number of hydrogen-bond acceptors (Lipinski definition) is 6. The molecule has 0 atom stereocenters. The molecular formula is C19H22F2N6O. The molecule has 1 saturated heterocycles. The van der Waals surface area contributed by atoms with E-state index in [1.807, 2.05) is 19.1 Å². The van der Waals surface area contributed by atoms with Crippen LogP contribution in [0.25, 0.3) is 17.0 Å². The van der Waals surface area contributed by atoms with Crippen LogP contribution in [0.3, 0.4) is 0 Å². The molecule has 1 fully saturated rings. The van der Waals surface area contributed by atoms with E-state index in [1.165, 1.54) is 10.6 Å². The Labute approximate surface area is 161 Å². The Morgan fingerprint density at radius 1 is 1.11 bits per heavy atom. The molecule has 0 spiro atoms. The van der Waals surface area contributed by atoms with Crippen LogP contribution in [-0.4, -0.2) is 64.0 Å². The second-order valence-electron chi connectivity index (χ2n) is 6.60. The molecule has 1 aliphatic heterocycles. The molecule has 0 bridgehead atoms. The zero-order valence-electron chi connectivity index (χ0n) is 15.6. The molecule has 7 nitrogen and oxygen atoms in total. The predicted octanol–water partition coefficient (Wildman–Crippen LogP) is 2.84. The van der Waals surface area contributed by atoms with E-state index in [4.69, 9.17) is 4.74 Å². The third-order valence-electron chi connectivity index (χ3n) is 4.83. The number of imidazole rings is 1. The molecule has 0 N–H and O–H groups in total. The highest BCUT2D eigenvalue weighted by Gasteiger charge is 2.19. The number of anilines is 1. The zero-order chi connectivity index (χ0) is 19.5. The van der Waals surface area contributed by atoms with Gasteiger partial charge in [-0.1, -0.05) is 0 Å². The first-order valence-electron chi connectivity index (χ1n) is 9.30. The summed E-state index contributed by atoms with van der Waals surface area (Å²) in [6.07, 6.45) is 0.712. The lowest BCUT2D eigenvalue weighted by molar-refractivity contribution is 0.0326. The summed E-state index contributed by atoms with van der Waals surface area (Å²) in [7, 11) is 0. The third-order valence-corrected chi connectivity index (χ3v) is 4.83. The van der Waals surface area contributed by atoms with Crippen molar-refractivity contribution in [1.82, 2.24) is 24.5 Å². The van der Waals surface area contributed by atoms with Crippen molar-refractivity contribution >= 4 is 11.3 Å². The van der Waals surface area contributed by atoms with Crippen LogP contribution in [0.2, 0.25) is 0 Å². The fraction of sp³-hybridized carbons (Fsp3) is 0.421. The van der Waals surface area contributed by atoms with Crippen LogP contribution < -0.4 is 4.90 Å². The Hall–Kier alpha value is -2.65. The summed E-state index contributed by atoms with van der Waals surface area (Å²) >= 11 is 0. The fourth-order valence-electron chi connectivity index (χ4n) is 3.29. The maximum absolute atomic E-state index is 13.0. The van der Waals surface area contributed by atoms with Gasteiger partial charge >= 0.3 is 0 Å². The molecule has 0 radical (unpaired) electrons. The smallest absolute Gasteiger partial charge is 0.282 e. The van der Waals surface area contributed by atoms with Gasteiger partial charge in [0.25, 0.3) is 6.43 Å². The topological polar surface area (TPSA) is 58.8 Å². The molecule has 0 aromatic carbocycles. The summed E-state index contributed by atoms with van der Waals surface area (Å²) in [6, 6.07) is 6.75. The first kappa shape index (κ1) is 18.7. The largest absolute Gasteiger partial charge is 0.369 e. The molecule has 0 amide bonds. The van der Waals surface area contributed by atoms with Crippen LogP contribution >= 0.6 is 0 Å². The van der Waals surface area contributed by atoms with E-state index in [0.29, 0.717) is 30.4 Å². The van der Waals surface area contributed by atoms with E-state index in [9.17, 15) is 8.78 Å². The van der Waals surface area contributed by atoms with Crippen molar-refractivity contribution in [2.75, 3.05) is 44.4 Å². The van der Waals surface area contributed by atoms with Crippen molar-refractivity contribution in [1.29, 1.82) is 0 Å². The minimum Gasteiger partial charge on any atom is -0.369 e. The Kier molecular flexibility index (Phi) is 5.45. The highest BCUT2D eigenvalue weighted by molar-refractivity contribution is 5.64. The van der Waals surface area contributed by atoms with Gasteiger partial charge in [0.05, 0.1) is 18.6 Å². The lowest BCUT2D eigenvalue weighted by atomic mass is 10.2. The van der Waals surface area contributed by atoms with Crippen molar-refractivity contribution in [2.45, 2.75) is 13.3 Å². The molecule has 0 saturated carbocycles. The van der Waals surface area contributed by atoms with Gasteiger partial charge in [-0.25, -0.2) is 18.3 Å². The van der Waals surface area contributed by atoms with E-state index in [1.54, 1.807) is 18.5 Å². The lowest BCUT2D eigenvalue weighted by Gasteiger charge is -2.35. The standard InChI is InChI=1S/C19H22F2N6O/c1-2-28-13-25-7-9-26(10-8-25)14-5-6-22-16(11-14)17-12-23-18-4-3-15(19(20)21)24-27(17)18/h3-6,11-12,19H,2,7-10,13H2,1H3. The van der Waals surface area contributed by atoms with Crippen molar-refractivity contribution in [2.24, 2.45) is 0 Å². The van der Waals surface area contributed by atoms with Gasteiger partial charge in [-0.05, 0) is 31.2 Å². The van der Waals surface area contributed by atoms with E-state index in [-0.39, 0.29) is 5.69 Å². The highest BCUT2D eigenvalue weighted by atomic mass is 19.3. The van der Waals surface area contributed by atoms with Gasteiger partial charge < -0.3 is 9.64 Å². The maximum atomic E-state index is 13.0. The summed E-state index contributed by atoms with van der Waals surface area (Å²) in [5, 5.41) is 4.02. The SMILES string of the molecule is CCOCN1CCN(c2ccnc(-c3cnc4ccc(C(F)F)nn34)c2)CC1. The molecule has 3 aromatic heterocycles. The second kappa shape index (κ2) is 8.15. The Morgan fingerprint density at radius 3 is 2.68 bits per heavy atom. The number of fused-ring (bicyclic) bond motifs is 1. The number of aromatic nitrogens is 4. The number of rotatable bonds is 6. The summed E-state index contributed by atoms with van der Waals surface area (Å²) in [5.41, 5.74) is 2.51. The second-order valence-corrected chi connectivity index (χ2v) is 6.60. The first-order chi connectivity index (χ1) is 13.7. The van der Waals surface area contributed by atoms with Crippen LogP contribution in [0, 0.1) is 0 Å². The summed E-state index contributed by atoms with van der Waals surface area (Å²) < 4.78 is 32.9. The minimum absolute atomic E-state index is 0.284. The van der Waals surface area contributed by atoms with E-state index in [2.05, 4.69) is 24.9 Å². The molecule has 4 heterocycles. The van der Waals surface area contributed by atoms with E-state index in [0.717, 1.165) is 31.9 Å². The van der Waals surface area contributed by atoms with Gasteiger partial charge in [-0.15, -0.1) is 0 Å². The van der Waals surface area contributed by atoms with Crippen LogP contribution in [-0.2, 0) is 4.74 Å². The molecule has 0 aliphatic carbocycles. The Morgan fingerprint density at radius 2 is 1.93 bits per heavy atom. The Bertz CT molecular complexity index is 939. The van der Waals surface area contributed by atoms with Crippen LogP contribution in [0.5, 0.6) is 0 Å². The molecule has 148 valence electrons. The molecule has 9 heteroatoms. The van der Waals surface area contributed by atoms with Crippen LogP contribution in [0.15, 0.2) is 36.7 Å². The first-order valence-corrected chi connectivity index (χ1v) is 9.30. The zero-order valence-corrected chi connectivity index (χ0v) is 15.6. The lowest BCUT2D eigenvalue weighted by Crippen LogP contribution is -2.47. The number of halogens is 2. The van der Waals surface area contributed by atoms with E-state index >= 15 is 0 Å². The van der Waals surface area contributed by atoms with Crippen molar-refractivity contribution < 1.29 is 13.5 Å². The fourth-order valence-corrected chi connectivity index (χ4v) is 3.29. The average molecular weight is 388 g/mol. The summed E-state index contributed by atoms with van der Waals surface area (Å²) in [5.74, 6) is 0. The van der Waals surface area contributed by atoms with Gasteiger partial charge in [0.15, 0.2) is 5.65 Å². The van der Waals surface area contributed by atoms with Gasteiger partial charge in [-0.3, -0.25) is 9.88 Å². The van der Waals surface area contributed by atoms with Crippen molar-refractivity contribution in [3.63, 3.8) is 0 Å². The van der Waals surface area contributed by atoms with Crippen molar-refractivity contribution in [3.05, 3.63) is 42.4 Å². The highest BCUT2D eigenvalue weighted by Crippen LogP contribution is 2.25. The summed E-state index contributed by atoms with van der Waals surface area (Å²) in [6.45, 7) is 6.99. The van der Waals surface area contributed by atoms with Gasteiger partial charge in [0.2, 0.25) is 0 Å².